The molecule has 1 saturated heterocycles. The maximum Gasteiger partial charge on any atom is 0.307 e. The zero-order chi connectivity index (χ0) is 18.4. The molecule has 0 aromatic heterocycles. The third kappa shape index (κ3) is 5.56. The Kier molecular flexibility index (Phi) is 6.99. The lowest BCUT2D eigenvalue weighted by molar-refractivity contribution is -0.138. The predicted octanol–water partition coefficient (Wildman–Crippen LogP) is 1.02. The fraction of sp³-hybridized carbons (Fsp3) is 0.722. The first kappa shape index (κ1) is 19.4. The molecule has 0 spiro atoms. The molecule has 7 heteroatoms. The number of carbonyl (C=O) groups is 3. The topological polar surface area (TPSA) is 127 Å². The van der Waals surface area contributed by atoms with Crippen molar-refractivity contribution in [3.8, 4) is 0 Å². The van der Waals surface area contributed by atoms with Crippen LogP contribution >= 0.6 is 0 Å². The summed E-state index contributed by atoms with van der Waals surface area (Å²) < 4.78 is 0. The number of rotatable bonds is 10. The van der Waals surface area contributed by atoms with E-state index >= 15 is 0 Å². The normalized spacial score (nSPS) is 26.8. The van der Waals surface area contributed by atoms with Crippen molar-refractivity contribution >= 4 is 17.8 Å². The number of likely N-dealkylation sites (tertiary alicyclic amines) is 1. The van der Waals surface area contributed by atoms with Gasteiger partial charge in [-0.15, -0.1) is 0 Å². The summed E-state index contributed by atoms with van der Waals surface area (Å²) in [5, 5.41) is 8.82. The van der Waals surface area contributed by atoms with E-state index in [1.807, 2.05) is 6.08 Å². The van der Waals surface area contributed by atoms with E-state index in [9.17, 15) is 14.4 Å². The molecule has 0 radical (unpaired) electrons. The van der Waals surface area contributed by atoms with Gasteiger partial charge in [-0.25, -0.2) is 0 Å². The molecule has 2 rings (SSSR count). The van der Waals surface area contributed by atoms with E-state index in [4.69, 9.17) is 16.6 Å². The molecule has 2 amide bonds. The minimum Gasteiger partial charge on any atom is -0.481 e. The highest BCUT2D eigenvalue weighted by atomic mass is 16.4. The molecule has 1 aliphatic carbocycles. The van der Waals surface area contributed by atoms with Crippen molar-refractivity contribution in [3.05, 3.63) is 12.2 Å². The summed E-state index contributed by atoms with van der Waals surface area (Å²) in [6.45, 7) is 0.559. The smallest absolute Gasteiger partial charge is 0.307 e. The minimum absolute atomic E-state index is 0.172. The number of unbranched alkanes of at least 4 members (excludes halogenated alkanes) is 3. The number of amides is 2. The Morgan fingerprint density at radius 3 is 2.64 bits per heavy atom. The first-order valence-electron chi connectivity index (χ1n) is 9.16. The summed E-state index contributed by atoms with van der Waals surface area (Å²) in [4.78, 5) is 35.9. The second kappa shape index (κ2) is 8.99. The van der Waals surface area contributed by atoms with Gasteiger partial charge in [0, 0.05) is 6.54 Å². The van der Waals surface area contributed by atoms with Crippen LogP contribution in [0.25, 0.3) is 0 Å². The molecular formula is C18H29N3O4. The van der Waals surface area contributed by atoms with E-state index in [0.29, 0.717) is 19.4 Å². The lowest BCUT2D eigenvalue weighted by atomic mass is 10.1. The highest BCUT2D eigenvalue weighted by Gasteiger charge is 2.40. The van der Waals surface area contributed by atoms with Gasteiger partial charge in [0.25, 0.3) is 0 Å². The highest BCUT2D eigenvalue weighted by Crippen LogP contribution is 2.39. The second-order valence-electron chi connectivity index (χ2n) is 7.11. The molecule has 7 nitrogen and oxygen atoms in total. The Hall–Kier alpha value is -1.89. The van der Waals surface area contributed by atoms with Crippen molar-refractivity contribution in [2.45, 2.75) is 63.5 Å². The summed E-state index contributed by atoms with van der Waals surface area (Å²) in [6.07, 6.45) is 10.6. The number of nitrogens with two attached hydrogens (primary N) is 2. The monoisotopic (exact) mass is 351 g/mol. The van der Waals surface area contributed by atoms with Gasteiger partial charge in [-0.3, -0.25) is 14.4 Å². The van der Waals surface area contributed by atoms with Crippen molar-refractivity contribution < 1.29 is 19.5 Å². The molecule has 2 fully saturated rings. The molecule has 4 atom stereocenters. The Morgan fingerprint density at radius 1 is 1.24 bits per heavy atom. The van der Waals surface area contributed by atoms with Crippen LogP contribution in [0.15, 0.2) is 12.2 Å². The van der Waals surface area contributed by atoms with Gasteiger partial charge in [-0.2, -0.15) is 0 Å². The van der Waals surface area contributed by atoms with Crippen LogP contribution < -0.4 is 11.5 Å². The SMILES string of the molecule is NC(=O)[C@@H]1CCCN1C(=O)[C@@H](N)CCCCC/C=C\[C@@H]1C[C@@H]1C(=O)O. The van der Waals surface area contributed by atoms with Gasteiger partial charge in [0.15, 0.2) is 0 Å². The number of allylic oxidation sites excluding steroid dienone is 2. The number of carboxylic acid groups (broad SMARTS) is 1. The van der Waals surface area contributed by atoms with Crippen molar-refractivity contribution in [1.29, 1.82) is 0 Å². The summed E-state index contributed by atoms with van der Waals surface area (Å²) in [5.41, 5.74) is 11.3. The average molecular weight is 351 g/mol. The minimum atomic E-state index is -0.704. The molecule has 0 aromatic carbocycles. The van der Waals surface area contributed by atoms with Gasteiger partial charge >= 0.3 is 5.97 Å². The molecule has 0 aromatic rings. The predicted molar refractivity (Wildman–Crippen MR) is 93.4 cm³/mol. The van der Waals surface area contributed by atoms with Crippen molar-refractivity contribution in [2.75, 3.05) is 6.54 Å². The highest BCUT2D eigenvalue weighted by molar-refractivity contribution is 5.89. The summed E-state index contributed by atoms with van der Waals surface area (Å²) in [5.74, 6) is -1.30. The fourth-order valence-corrected chi connectivity index (χ4v) is 3.45. The Labute approximate surface area is 148 Å². The van der Waals surface area contributed by atoms with Crippen LogP contribution in [0.1, 0.15) is 51.4 Å². The summed E-state index contributed by atoms with van der Waals surface area (Å²) in [7, 11) is 0. The van der Waals surface area contributed by atoms with Crippen LogP contribution in [0.2, 0.25) is 0 Å². The van der Waals surface area contributed by atoms with Crippen molar-refractivity contribution in [2.24, 2.45) is 23.3 Å². The Bertz CT molecular complexity index is 534. The summed E-state index contributed by atoms with van der Waals surface area (Å²) >= 11 is 0. The number of nitrogens with zero attached hydrogens (tertiary/aromatic N) is 1. The molecule has 0 bridgehead atoms. The van der Waals surface area contributed by atoms with Gasteiger partial charge in [0.05, 0.1) is 12.0 Å². The van der Waals surface area contributed by atoms with Crippen LogP contribution in [-0.4, -0.2) is 46.4 Å². The first-order valence-corrected chi connectivity index (χ1v) is 9.16. The standard InChI is InChI=1S/C18H29N3O4/c19-14(17(23)21-10-6-9-15(21)16(20)22)8-5-3-1-2-4-7-12-11-13(12)18(24)25/h4,7,12-15H,1-3,5-6,8-11,19H2,(H2,20,22)(H,24,25)/b7-4-/t12-,13+,14+,15+/m1/s1. The largest absolute Gasteiger partial charge is 0.481 e. The number of aliphatic carboxylic acids is 1. The van der Waals surface area contributed by atoms with Gasteiger partial charge in [-0.1, -0.05) is 25.0 Å². The molecule has 140 valence electrons. The molecule has 5 N–H and O–H groups in total. The number of carboxylic acids is 1. The van der Waals surface area contributed by atoms with Gasteiger partial charge in [0.2, 0.25) is 11.8 Å². The zero-order valence-corrected chi connectivity index (χ0v) is 14.6. The molecule has 1 saturated carbocycles. The lowest BCUT2D eigenvalue weighted by Gasteiger charge is -2.25. The second-order valence-corrected chi connectivity index (χ2v) is 7.11. The van der Waals surface area contributed by atoms with Gasteiger partial charge < -0.3 is 21.5 Å². The molecule has 0 unspecified atom stereocenters. The van der Waals surface area contributed by atoms with E-state index in [2.05, 4.69) is 6.08 Å². The van der Waals surface area contributed by atoms with Crippen LogP contribution in [0.4, 0.5) is 0 Å². The van der Waals surface area contributed by atoms with E-state index in [1.165, 1.54) is 4.90 Å². The quantitative estimate of drug-likeness (QED) is 0.400. The summed E-state index contributed by atoms with van der Waals surface area (Å²) in [6, 6.07) is -1.07. The van der Waals surface area contributed by atoms with Crippen molar-refractivity contribution in [3.63, 3.8) is 0 Å². The number of hydrogen-bond acceptors (Lipinski definition) is 4. The van der Waals surface area contributed by atoms with Gasteiger partial charge in [0.1, 0.15) is 6.04 Å². The van der Waals surface area contributed by atoms with E-state index in [0.717, 1.165) is 38.5 Å². The average Bonchev–Trinajstić information content (AvgIpc) is 3.17. The van der Waals surface area contributed by atoms with Crippen LogP contribution in [-0.2, 0) is 14.4 Å². The third-order valence-corrected chi connectivity index (χ3v) is 5.11. The maximum atomic E-state index is 12.3. The maximum absolute atomic E-state index is 12.3. The zero-order valence-electron chi connectivity index (χ0n) is 14.6. The van der Waals surface area contributed by atoms with Crippen LogP contribution in [0.5, 0.6) is 0 Å². The fourth-order valence-electron chi connectivity index (χ4n) is 3.45. The molecule has 2 aliphatic rings. The van der Waals surface area contributed by atoms with Crippen molar-refractivity contribution in [1.82, 2.24) is 4.90 Å². The Morgan fingerprint density at radius 2 is 2.00 bits per heavy atom. The number of carbonyl (C=O) groups excluding carboxylic acids is 2. The molecule has 25 heavy (non-hydrogen) atoms. The van der Waals surface area contributed by atoms with Gasteiger partial charge in [-0.05, 0) is 44.4 Å². The third-order valence-electron chi connectivity index (χ3n) is 5.11. The number of hydrogen-bond donors (Lipinski definition) is 3. The van der Waals surface area contributed by atoms with E-state index in [-0.39, 0.29) is 17.7 Å². The molecule has 1 heterocycles. The molecule has 1 aliphatic heterocycles. The Balaban J connectivity index is 1.57. The lowest BCUT2D eigenvalue weighted by Crippen LogP contribution is -2.50. The first-order chi connectivity index (χ1) is 11.9. The van der Waals surface area contributed by atoms with Crippen LogP contribution in [0, 0.1) is 11.8 Å². The molecular weight excluding hydrogens is 322 g/mol. The van der Waals surface area contributed by atoms with E-state index in [1.54, 1.807) is 0 Å². The van der Waals surface area contributed by atoms with Crippen LogP contribution in [0.3, 0.4) is 0 Å². The number of primary amides is 1. The van der Waals surface area contributed by atoms with E-state index < -0.39 is 24.0 Å².